The van der Waals surface area contributed by atoms with Gasteiger partial charge in [0.15, 0.2) is 0 Å². The quantitative estimate of drug-likeness (QED) is 0.457. The van der Waals surface area contributed by atoms with Crippen LogP contribution in [0.2, 0.25) is 0 Å². The minimum atomic E-state index is -0.512. The minimum Gasteiger partial charge on any atom is -0.358 e. The molecule has 0 aliphatic rings. The summed E-state index contributed by atoms with van der Waals surface area (Å²) in [6, 6.07) is 8.47. The zero-order valence-corrected chi connectivity index (χ0v) is 8.07. The smallest absolute Gasteiger partial charge is 0.358 e. The Bertz CT molecular complexity index is 704. The van der Waals surface area contributed by atoms with Gasteiger partial charge < -0.3 is 10.1 Å². The van der Waals surface area contributed by atoms with E-state index in [-0.39, 0.29) is 5.82 Å². The second-order valence-corrected chi connectivity index (χ2v) is 3.31. The molecule has 0 N–H and O–H groups in total. The van der Waals surface area contributed by atoms with Gasteiger partial charge in [0.25, 0.3) is 5.65 Å². The highest BCUT2D eigenvalue weighted by atomic mass is 16.6. The maximum Gasteiger partial charge on any atom is 0.366 e. The van der Waals surface area contributed by atoms with Gasteiger partial charge in [-0.25, -0.2) is 4.98 Å². The van der Waals surface area contributed by atoms with Crippen LogP contribution < -0.4 is 0 Å². The summed E-state index contributed by atoms with van der Waals surface area (Å²) in [7, 11) is 0. The largest absolute Gasteiger partial charge is 0.366 e. The number of fused-ring (bicyclic) bond motifs is 3. The van der Waals surface area contributed by atoms with Gasteiger partial charge in [0.1, 0.15) is 11.2 Å². The molecule has 0 fully saturated rings. The fraction of sp³-hybridized carbons (Fsp3) is 0. The predicted molar refractivity (Wildman–Crippen MR) is 57.1 cm³/mol. The molecule has 0 bridgehead atoms. The highest BCUT2D eigenvalue weighted by Crippen LogP contribution is 2.17. The van der Waals surface area contributed by atoms with E-state index in [1.165, 1.54) is 6.07 Å². The first-order valence-corrected chi connectivity index (χ1v) is 4.64. The van der Waals surface area contributed by atoms with E-state index in [9.17, 15) is 10.1 Å². The van der Waals surface area contributed by atoms with Gasteiger partial charge in [0, 0.05) is 12.3 Å². The third-order valence-corrected chi connectivity index (χ3v) is 2.33. The lowest BCUT2D eigenvalue weighted by Crippen LogP contribution is -1.93. The molecule has 3 rings (SSSR count). The highest BCUT2D eigenvalue weighted by molar-refractivity contribution is 5.77. The number of hydrogen-bond acceptors (Lipinski definition) is 4. The van der Waals surface area contributed by atoms with Gasteiger partial charge in [-0.05, 0) is 28.1 Å². The van der Waals surface area contributed by atoms with Gasteiger partial charge in [-0.2, -0.15) is 0 Å². The van der Waals surface area contributed by atoms with Gasteiger partial charge in [-0.15, -0.1) is 0 Å². The predicted octanol–water partition coefficient (Wildman–Crippen LogP) is 1.79. The number of imidazole rings is 1. The summed E-state index contributed by atoms with van der Waals surface area (Å²) < 4.78 is 1.72. The Morgan fingerprint density at radius 2 is 2.06 bits per heavy atom. The summed E-state index contributed by atoms with van der Waals surface area (Å²) in [5.41, 5.74) is 1.88. The van der Waals surface area contributed by atoms with Gasteiger partial charge in [-0.1, -0.05) is 6.07 Å². The van der Waals surface area contributed by atoms with Crippen LogP contribution in [-0.2, 0) is 0 Å². The van der Waals surface area contributed by atoms with Crippen LogP contribution in [0.15, 0.2) is 36.5 Å². The standard InChI is InChI=1S/C10H6N4O2/c15-14(16)9-5-4-7-10(12-9)13-6-2-1-3-8(13)11-7/h1-6H. The van der Waals surface area contributed by atoms with E-state index in [4.69, 9.17) is 0 Å². The number of pyridine rings is 2. The first-order chi connectivity index (χ1) is 7.75. The topological polar surface area (TPSA) is 73.3 Å². The van der Waals surface area contributed by atoms with E-state index in [0.29, 0.717) is 11.2 Å². The molecule has 16 heavy (non-hydrogen) atoms. The number of hydrogen-bond donors (Lipinski definition) is 0. The fourth-order valence-corrected chi connectivity index (χ4v) is 1.62. The van der Waals surface area contributed by atoms with Crippen molar-refractivity contribution in [3.8, 4) is 0 Å². The molecule has 0 aromatic carbocycles. The molecule has 0 amide bonds. The Labute approximate surface area is 89.3 Å². The summed E-state index contributed by atoms with van der Waals surface area (Å²) >= 11 is 0. The Morgan fingerprint density at radius 1 is 1.19 bits per heavy atom. The maximum absolute atomic E-state index is 10.6. The summed E-state index contributed by atoms with van der Waals surface area (Å²) in [6.45, 7) is 0. The van der Waals surface area contributed by atoms with E-state index in [1.54, 1.807) is 16.7 Å². The van der Waals surface area contributed by atoms with Crippen molar-refractivity contribution < 1.29 is 4.92 Å². The molecular formula is C10H6N4O2. The van der Waals surface area contributed by atoms with Gasteiger partial charge in [0.05, 0.1) is 0 Å². The van der Waals surface area contributed by atoms with E-state index in [2.05, 4.69) is 9.97 Å². The van der Waals surface area contributed by atoms with Crippen LogP contribution in [0.3, 0.4) is 0 Å². The van der Waals surface area contributed by atoms with Gasteiger partial charge >= 0.3 is 5.82 Å². The van der Waals surface area contributed by atoms with Crippen molar-refractivity contribution >= 4 is 22.6 Å². The molecule has 0 saturated heterocycles. The molecule has 0 unspecified atom stereocenters. The summed E-state index contributed by atoms with van der Waals surface area (Å²) in [6.07, 6.45) is 1.78. The molecule has 78 valence electrons. The first kappa shape index (κ1) is 8.78. The number of rotatable bonds is 1. The Kier molecular flexibility index (Phi) is 1.64. The molecule has 6 heteroatoms. The second-order valence-electron chi connectivity index (χ2n) is 3.31. The van der Waals surface area contributed by atoms with Crippen LogP contribution in [0.4, 0.5) is 5.82 Å². The van der Waals surface area contributed by atoms with Crippen molar-refractivity contribution in [2.75, 3.05) is 0 Å². The first-order valence-electron chi connectivity index (χ1n) is 4.64. The van der Waals surface area contributed by atoms with Crippen LogP contribution in [-0.4, -0.2) is 19.3 Å². The molecule has 3 heterocycles. The normalized spacial score (nSPS) is 11.0. The van der Waals surface area contributed by atoms with Crippen LogP contribution in [0.25, 0.3) is 16.8 Å². The summed E-state index contributed by atoms with van der Waals surface area (Å²) in [4.78, 5) is 18.4. The molecule has 0 spiro atoms. The van der Waals surface area contributed by atoms with Gasteiger partial charge in [-0.3, -0.25) is 4.40 Å². The van der Waals surface area contributed by atoms with Crippen molar-refractivity contribution in [1.82, 2.24) is 14.4 Å². The average molecular weight is 214 g/mol. The van der Waals surface area contributed by atoms with Crippen molar-refractivity contribution in [3.05, 3.63) is 46.6 Å². The highest BCUT2D eigenvalue weighted by Gasteiger charge is 2.14. The van der Waals surface area contributed by atoms with Crippen molar-refractivity contribution in [1.29, 1.82) is 0 Å². The second kappa shape index (κ2) is 2.99. The third-order valence-electron chi connectivity index (χ3n) is 2.33. The SMILES string of the molecule is O=[N+]([O-])c1ccc2nc3ccccn3c2n1. The van der Waals surface area contributed by atoms with Crippen LogP contribution >= 0.6 is 0 Å². The van der Waals surface area contributed by atoms with Crippen LogP contribution in [0.5, 0.6) is 0 Å². The Hall–Kier alpha value is -2.50. The van der Waals surface area contributed by atoms with Crippen molar-refractivity contribution in [2.24, 2.45) is 0 Å². The van der Waals surface area contributed by atoms with E-state index in [0.717, 1.165) is 5.65 Å². The summed E-state index contributed by atoms with van der Waals surface area (Å²) in [5, 5.41) is 10.6. The minimum absolute atomic E-state index is 0.168. The number of aromatic nitrogens is 3. The van der Waals surface area contributed by atoms with E-state index in [1.807, 2.05) is 18.2 Å². The number of nitrogens with zero attached hydrogens (tertiary/aromatic N) is 4. The lowest BCUT2D eigenvalue weighted by molar-refractivity contribution is -0.389. The molecule has 3 aromatic rings. The molecule has 0 saturated carbocycles. The number of nitro groups is 1. The monoisotopic (exact) mass is 214 g/mol. The Balaban J connectivity index is 2.44. The van der Waals surface area contributed by atoms with E-state index >= 15 is 0 Å². The lowest BCUT2D eigenvalue weighted by atomic mass is 10.4. The third kappa shape index (κ3) is 1.13. The molecular weight excluding hydrogens is 208 g/mol. The van der Waals surface area contributed by atoms with Gasteiger partial charge in [0.2, 0.25) is 0 Å². The fourth-order valence-electron chi connectivity index (χ4n) is 1.62. The zero-order chi connectivity index (χ0) is 11.1. The maximum atomic E-state index is 10.6. The van der Waals surface area contributed by atoms with Crippen molar-refractivity contribution in [3.63, 3.8) is 0 Å². The van der Waals surface area contributed by atoms with Crippen LogP contribution in [0.1, 0.15) is 0 Å². The molecule has 0 aliphatic heterocycles. The molecule has 3 aromatic heterocycles. The van der Waals surface area contributed by atoms with E-state index < -0.39 is 4.92 Å². The zero-order valence-electron chi connectivity index (χ0n) is 8.07. The average Bonchev–Trinajstić information content (AvgIpc) is 2.66. The lowest BCUT2D eigenvalue weighted by Gasteiger charge is -1.91. The molecule has 6 nitrogen and oxygen atoms in total. The summed E-state index contributed by atoms with van der Waals surface area (Å²) in [5.74, 6) is -0.168. The molecule has 0 aliphatic carbocycles. The van der Waals surface area contributed by atoms with Crippen molar-refractivity contribution in [2.45, 2.75) is 0 Å². The Morgan fingerprint density at radius 3 is 2.88 bits per heavy atom. The molecule has 0 atom stereocenters. The molecule has 0 radical (unpaired) electrons. The van der Waals surface area contributed by atoms with Crippen LogP contribution in [0, 0.1) is 10.1 Å².